The highest BCUT2D eigenvalue weighted by Gasteiger charge is 1.91. The van der Waals surface area contributed by atoms with E-state index in [1.807, 2.05) is 0 Å². The van der Waals surface area contributed by atoms with E-state index in [1.165, 1.54) is 0 Å². The molecule has 10 heavy (non-hydrogen) atoms. The average molecular weight is 164 g/mol. The minimum Gasteiger partial charge on any atom is -0.617 e. The monoisotopic (exact) mass is 164 g/mol. The Hall–Kier alpha value is 0.230. The van der Waals surface area contributed by atoms with Gasteiger partial charge < -0.3 is 15.2 Å². The second-order valence-corrected chi connectivity index (χ2v) is 3.72. The lowest BCUT2D eigenvalue weighted by molar-refractivity contribution is 0.534. The van der Waals surface area contributed by atoms with Crippen LogP contribution in [0.3, 0.4) is 0 Å². The van der Waals surface area contributed by atoms with Gasteiger partial charge in [0.15, 0.2) is 0 Å². The van der Waals surface area contributed by atoms with Crippen molar-refractivity contribution in [3.63, 3.8) is 0 Å². The van der Waals surface area contributed by atoms with Crippen LogP contribution >= 0.6 is 0 Å². The van der Waals surface area contributed by atoms with Crippen molar-refractivity contribution in [3.8, 4) is 0 Å². The molecule has 0 amide bonds. The van der Waals surface area contributed by atoms with Crippen LogP contribution in [0.1, 0.15) is 0 Å². The van der Waals surface area contributed by atoms with Crippen LogP contribution in [0.25, 0.3) is 0 Å². The standard InChI is InChI=1S/C4H10N2.C2H6OS/c1-2-6-4-3-5-1;1-4(2)3/h5-6H,1-4H2;1-2H3. The number of hydrogen-bond acceptors (Lipinski definition) is 3. The fourth-order valence-corrected chi connectivity index (χ4v) is 0.604. The maximum Gasteiger partial charge on any atom is 0.0946 e. The number of hydrogen-bond donors (Lipinski definition) is 2. The van der Waals surface area contributed by atoms with E-state index < -0.39 is 11.2 Å². The smallest absolute Gasteiger partial charge is 0.0946 e. The van der Waals surface area contributed by atoms with Crippen LogP contribution in [0.2, 0.25) is 0 Å². The van der Waals surface area contributed by atoms with E-state index in [1.54, 1.807) is 12.5 Å². The Morgan fingerprint density at radius 3 is 1.30 bits per heavy atom. The molecule has 0 aromatic carbocycles. The van der Waals surface area contributed by atoms with Gasteiger partial charge in [0.1, 0.15) is 0 Å². The topological polar surface area (TPSA) is 47.1 Å². The highest BCUT2D eigenvalue weighted by atomic mass is 32.2. The summed E-state index contributed by atoms with van der Waals surface area (Å²) in [5, 5.41) is 6.44. The molecule has 4 heteroatoms. The fourth-order valence-electron chi connectivity index (χ4n) is 0.604. The van der Waals surface area contributed by atoms with Crippen molar-refractivity contribution in [1.29, 1.82) is 0 Å². The normalized spacial score (nSPS) is 18.0. The molecule has 1 saturated heterocycles. The molecule has 0 aromatic rings. The van der Waals surface area contributed by atoms with Crippen LogP contribution in [0.5, 0.6) is 0 Å². The second kappa shape index (κ2) is 7.34. The molecule has 0 radical (unpaired) electrons. The lowest BCUT2D eigenvalue weighted by atomic mass is 10.4. The van der Waals surface area contributed by atoms with Crippen LogP contribution in [-0.4, -0.2) is 43.2 Å². The van der Waals surface area contributed by atoms with E-state index in [0.29, 0.717) is 0 Å². The highest BCUT2D eigenvalue weighted by Crippen LogP contribution is 1.65. The lowest BCUT2D eigenvalue weighted by Crippen LogP contribution is -2.39. The van der Waals surface area contributed by atoms with E-state index in [2.05, 4.69) is 10.6 Å². The summed E-state index contributed by atoms with van der Waals surface area (Å²) in [4.78, 5) is 0. The Bertz CT molecular complexity index is 52.5. The third-order valence-corrected chi connectivity index (χ3v) is 0.957. The van der Waals surface area contributed by atoms with Gasteiger partial charge in [0, 0.05) is 26.2 Å². The molecule has 2 N–H and O–H groups in total. The van der Waals surface area contributed by atoms with Crippen molar-refractivity contribution < 1.29 is 4.55 Å². The van der Waals surface area contributed by atoms with Gasteiger partial charge in [0.25, 0.3) is 0 Å². The molecular weight excluding hydrogens is 148 g/mol. The second-order valence-electron chi connectivity index (χ2n) is 2.24. The third-order valence-electron chi connectivity index (χ3n) is 0.957. The van der Waals surface area contributed by atoms with Crippen molar-refractivity contribution >= 4 is 11.2 Å². The van der Waals surface area contributed by atoms with E-state index in [4.69, 9.17) is 0 Å². The van der Waals surface area contributed by atoms with Gasteiger partial charge in [-0.05, 0) is 0 Å². The minimum absolute atomic E-state index is 0.611. The molecule has 0 bridgehead atoms. The summed E-state index contributed by atoms with van der Waals surface area (Å²) in [5.74, 6) is 0. The largest absolute Gasteiger partial charge is 0.617 e. The third kappa shape index (κ3) is 11.1. The first-order valence-corrected chi connectivity index (χ1v) is 5.36. The first kappa shape index (κ1) is 10.2. The van der Waals surface area contributed by atoms with Gasteiger partial charge in [-0.3, -0.25) is 0 Å². The first-order valence-electron chi connectivity index (χ1n) is 3.40. The van der Waals surface area contributed by atoms with Crippen molar-refractivity contribution in [2.24, 2.45) is 0 Å². The maximum atomic E-state index is 9.56. The molecule has 1 aliphatic rings. The van der Waals surface area contributed by atoms with E-state index in [-0.39, 0.29) is 0 Å². The van der Waals surface area contributed by atoms with Gasteiger partial charge in [0.2, 0.25) is 0 Å². The molecule has 1 rings (SSSR count). The molecule has 3 nitrogen and oxygen atoms in total. The summed E-state index contributed by atoms with van der Waals surface area (Å²) in [6.07, 6.45) is 3.28. The molecule has 0 aliphatic carbocycles. The van der Waals surface area contributed by atoms with Gasteiger partial charge in [-0.15, -0.1) is 0 Å². The van der Waals surface area contributed by atoms with Gasteiger partial charge >= 0.3 is 0 Å². The van der Waals surface area contributed by atoms with Crippen molar-refractivity contribution in [2.45, 2.75) is 0 Å². The zero-order chi connectivity index (χ0) is 7.82. The summed E-state index contributed by atoms with van der Waals surface area (Å²) in [5.41, 5.74) is 0. The quantitative estimate of drug-likeness (QED) is 0.460. The Balaban J connectivity index is 0.000000180. The average Bonchev–Trinajstić information content (AvgIpc) is 1.90. The Kier molecular flexibility index (Phi) is 7.51. The molecular formula is C6H16N2OS. The molecule has 1 heterocycles. The molecule has 0 atom stereocenters. The zero-order valence-electron chi connectivity index (χ0n) is 6.64. The predicted molar refractivity (Wildman–Crippen MR) is 45.7 cm³/mol. The van der Waals surface area contributed by atoms with Crippen LogP contribution in [0.4, 0.5) is 0 Å². The van der Waals surface area contributed by atoms with Crippen LogP contribution in [-0.2, 0) is 11.2 Å². The van der Waals surface area contributed by atoms with Gasteiger partial charge in [0.05, 0.1) is 12.5 Å². The number of rotatable bonds is 0. The van der Waals surface area contributed by atoms with E-state index >= 15 is 0 Å². The molecule has 62 valence electrons. The highest BCUT2D eigenvalue weighted by molar-refractivity contribution is 7.89. The molecule has 0 unspecified atom stereocenters. The molecule has 0 saturated carbocycles. The number of nitrogens with one attached hydrogen (secondary N) is 2. The fraction of sp³-hybridized carbons (Fsp3) is 1.00. The summed E-state index contributed by atoms with van der Waals surface area (Å²) < 4.78 is 9.56. The van der Waals surface area contributed by atoms with E-state index in [0.717, 1.165) is 26.2 Å². The lowest BCUT2D eigenvalue weighted by Gasteiger charge is -2.11. The van der Waals surface area contributed by atoms with Gasteiger partial charge in [-0.25, -0.2) is 0 Å². The van der Waals surface area contributed by atoms with Gasteiger partial charge in [-0.2, -0.15) is 0 Å². The minimum atomic E-state index is -0.611. The van der Waals surface area contributed by atoms with Crippen LogP contribution < -0.4 is 10.6 Å². The maximum absolute atomic E-state index is 9.56. The first-order chi connectivity index (χ1) is 4.73. The Labute approximate surface area is 65.8 Å². The Morgan fingerprint density at radius 1 is 1.00 bits per heavy atom. The Morgan fingerprint density at radius 2 is 1.20 bits per heavy atom. The van der Waals surface area contributed by atoms with Crippen molar-refractivity contribution in [2.75, 3.05) is 38.7 Å². The number of piperazine rings is 1. The van der Waals surface area contributed by atoms with Crippen molar-refractivity contribution in [1.82, 2.24) is 10.6 Å². The van der Waals surface area contributed by atoms with Crippen molar-refractivity contribution in [3.05, 3.63) is 0 Å². The molecule has 1 fully saturated rings. The van der Waals surface area contributed by atoms with Crippen LogP contribution in [0, 0.1) is 0 Å². The summed E-state index contributed by atoms with van der Waals surface area (Å²) in [7, 11) is 0. The predicted octanol–water partition coefficient (Wildman–Crippen LogP) is -0.826. The summed E-state index contributed by atoms with van der Waals surface area (Å²) in [6.45, 7) is 4.56. The van der Waals surface area contributed by atoms with Gasteiger partial charge in [-0.1, -0.05) is 11.2 Å². The zero-order valence-corrected chi connectivity index (χ0v) is 7.46. The summed E-state index contributed by atoms with van der Waals surface area (Å²) in [6, 6.07) is 0. The molecule has 1 aliphatic heterocycles. The molecule has 0 aromatic heterocycles. The molecule has 0 spiro atoms. The SMILES string of the molecule is C1CNCCN1.C[S+](C)[O-]. The van der Waals surface area contributed by atoms with Crippen LogP contribution in [0.15, 0.2) is 0 Å². The van der Waals surface area contributed by atoms with E-state index in [9.17, 15) is 4.55 Å². The summed E-state index contributed by atoms with van der Waals surface area (Å²) >= 11 is -0.611.